The Bertz CT molecular complexity index is 773. The Kier molecular flexibility index (Phi) is 5.38. The van der Waals surface area contributed by atoms with E-state index in [9.17, 15) is 14.0 Å². The van der Waals surface area contributed by atoms with Gasteiger partial charge < -0.3 is 10.2 Å². The molecule has 0 atom stereocenters. The number of likely N-dealkylation sites (tertiary alicyclic amines) is 1. The minimum absolute atomic E-state index is 0.0670. The maximum Gasteiger partial charge on any atom is 0.272 e. The standard InChI is InChI=1S/C19H20FN3O2/c20-15-8-3-2-7-14(15)13-21-18(24)16-9-6-10-17(22-16)19(25)23-11-4-1-5-12-23/h2-3,6-10H,1,4-5,11-13H2,(H,21,24). The van der Waals surface area contributed by atoms with Crippen LogP contribution in [0.2, 0.25) is 0 Å². The van der Waals surface area contributed by atoms with E-state index in [4.69, 9.17) is 0 Å². The van der Waals surface area contributed by atoms with E-state index in [0.717, 1.165) is 32.4 Å². The number of nitrogens with zero attached hydrogens (tertiary/aromatic N) is 2. The van der Waals surface area contributed by atoms with E-state index in [2.05, 4.69) is 10.3 Å². The number of carbonyl (C=O) groups is 2. The van der Waals surface area contributed by atoms with Gasteiger partial charge in [0.2, 0.25) is 0 Å². The number of halogens is 1. The van der Waals surface area contributed by atoms with Crippen molar-refractivity contribution in [3.05, 3.63) is 65.2 Å². The summed E-state index contributed by atoms with van der Waals surface area (Å²) in [5.74, 6) is -0.954. The molecular formula is C19H20FN3O2. The molecular weight excluding hydrogens is 321 g/mol. The summed E-state index contributed by atoms with van der Waals surface area (Å²) in [6.45, 7) is 1.52. The molecule has 1 aromatic heterocycles. The number of pyridine rings is 1. The number of rotatable bonds is 4. The van der Waals surface area contributed by atoms with Gasteiger partial charge in [0.15, 0.2) is 0 Å². The second-order valence-electron chi connectivity index (χ2n) is 6.04. The van der Waals surface area contributed by atoms with Crippen molar-refractivity contribution < 1.29 is 14.0 Å². The van der Waals surface area contributed by atoms with Gasteiger partial charge in [-0.1, -0.05) is 24.3 Å². The van der Waals surface area contributed by atoms with Crippen molar-refractivity contribution in [1.29, 1.82) is 0 Å². The molecule has 2 amide bonds. The van der Waals surface area contributed by atoms with E-state index >= 15 is 0 Å². The van der Waals surface area contributed by atoms with Gasteiger partial charge >= 0.3 is 0 Å². The SMILES string of the molecule is O=C(NCc1ccccc1F)c1cccc(C(=O)N2CCCCC2)n1. The predicted molar refractivity (Wildman–Crippen MR) is 91.6 cm³/mol. The lowest BCUT2D eigenvalue weighted by Gasteiger charge is -2.26. The van der Waals surface area contributed by atoms with Crippen LogP contribution < -0.4 is 5.32 Å². The Morgan fingerprint density at radius 1 is 1.00 bits per heavy atom. The molecule has 1 fully saturated rings. The molecule has 6 heteroatoms. The van der Waals surface area contributed by atoms with E-state index in [1.165, 1.54) is 6.07 Å². The van der Waals surface area contributed by atoms with Crippen LogP contribution in [0.5, 0.6) is 0 Å². The Morgan fingerprint density at radius 2 is 1.72 bits per heavy atom. The third-order valence-electron chi connectivity index (χ3n) is 4.24. The molecule has 0 aliphatic carbocycles. The first-order valence-corrected chi connectivity index (χ1v) is 8.43. The summed E-state index contributed by atoms with van der Waals surface area (Å²) < 4.78 is 13.6. The molecule has 0 bridgehead atoms. The molecule has 0 spiro atoms. The van der Waals surface area contributed by atoms with E-state index in [-0.39, 0.29) is 29.7 Å². The summed E-state index contributed by atoms with van der Waals surface area (Å²) in [6, 6.07) is 11.1. The number of benzene rings is 1. The van der Waals surface area contributed by atoms with Crippen LogP contribution >= 0.6 is 0 Å². The van der Waals surface area contributed by atoms with Crippen molar-refractivity contribution in [1.82, 2.24) is 15.2 Å². The van der Waals surface area contributed by atoms with Gasteiger partial charge in [-0.3, -0.25) is 9.59 Å². The summed E-state index contributed by atoms with van der Waals surface area (Å²) >= 11 is 0. The zero-order valence-electron chi connectivity index (χ0n) is 13.9. The van der Waals surface area contributed by atoms with Crippen LogP contribution in [-0.4, -0.2) is 34.8 Å². The van der Waals surface area contributed by atoms with Crippen molar-refractivity contribution in [2.24, 2.45) is 0 Å². The molecule has 130 valence electrons. The number of piperidine rings is 1. The van der Waals surface area contributed by atoms with E-state index < -0.39 is 5.91 Å². The number of carbonyl (C=O) groups excluding carboxylic acids is 2. The van der Waals surface area contributed by atoms with Crippen LogP contribution in [0.3, 0.4) is 0 Å². The van der Waals surface area contributed by atoms with Gasteiger partial charge in [0.25, 0.3) is 11.8 Å². The van der Waals surface area contributed by atoms with Crippen LogP contribution in [0.1, 0.15) is 45.8 Å². The van der Waals surface area contributed by atoms with Crippen LogP contribution in [0.4, 0.5) is 4.39 Å². The second kappa shape index (κ2) is 7.88. The van der Waals surface area contributed by atoms with Crippen molar-refractivity contribution >= 4 is 11.8 Å². The zero-order valence-corrected chi connectivity index (χ0v) is 13.9. The fourth-order valence-electron chi connectivity index (χ4n) is 2.85. The highest BCUT2D eigenvalue weighted by Gasteiger charge is 2.20. The molecule has 0 saturated carbocycles. The van der Waals surface area contributed by atoms with Crippen LogP contribution in [0.15, 0.2) is 42.5 Å². The largest absolute Gasteiger partial charge is 0.347 e. The molecule has 1 aliphatic heterocycles. The van der Waals surface area contributed by atoms with Crippen molar-refractivity contribution in [2.75, 3.05) is 13.1 Å². The molecule has 1 aliphatic rings. The molecule has 1 aromatic carbocycles. The molecule has 1 N–H and O–H groups in total. The quantitative estimate of drug-likeness (QED) is 0.930. The molecule has 3 rings (SSSR count). The van der Waals surface area contributed by atoms with Gasteiger partial charge in [-0.05, 0) is 37.5 Å². The van der Waals surface area contributed by atoms with E-state index in [1.807, 2.05) is 0 Å². The summed E-state index contributed by atoms with van der Waals surface area (Å²) in [5, 5.41) is 2.64. The summed E-state index contributed by atoms with van der Waals surface area (Å²) in [7, 11) is 0. The lowest BCUT2D eigenvalue weighted by atomic mass is 10.1. The average Bonchev–Trinajstić information content (AvgIpc) is 2.67. The molecule has 0 radical (unpaired) electrons. The number of nitrogens with one attached hydrogen (secondary N) is 1. The molecule has 5 nitrogen and oxygen atoms in total. The first kappa shape index (κ1) is 17.1. The third kappa shape index (κ3) is 4.21. The monoisotopic (exact) mass is 341 g/mol. The molecule has 1 saturated heterocycles. The van der Waals surface area contributed by atoms with Gasteiger partial charge in [0.1, 0.15) is 17.2 Å². The van der Waals surface area contributed by atoms with Crippen molar-refractivity contribution in [3.63, 3.8) is 0 Å². The Morgan fingerprint density at radius 3 is 2.48 bits per heavy atom. The maximum atomic E-state index is 13.6. The molecule has 2 heterocycles. The van der Waals surface area contributed by atoms with Crippen molar-refractivity contribution in [2.45, 2.75) is 25.8 Å². The van der Waals surface area contributed by atoms with Crippen LogP contribution in [0, 0.1) is 5.82 Å². The highest BCUT2D eigenvalue weighted by molar-refractivity contribution is 5.96. The van der Waals surface area contributed by atoms with Gasteiger partial charge in [0, 0.05) is 25.2 Å². The highest BCUT2D eigenvalue weighted by atomic mass is 19.1. The maximum absolute atomic E-state index is 13.6. The minimum Gasteiger partial charge on any atom is -0.347 e. The lowest BCUT2D eigenvalue weighted by Crippen LogP contribution is -2.36. The summed E-state index contributed by atoms with van der Waals surface area (Å²) in [5.41, 5.74) is 0.816. The van der Waals surface area contributed by atoms with Gasteiger partial charge in [-0.25, -0.2) is 9.37 Å². The average molecular weight is 341 g/mol. The zero-order chi connectivity index (χ0) is 17.6. The Labute approximate surface area is 145 Å². The van der Waals surface area contributed by atoms with Crippen LogP contribution in [0.25, 0.3) is 0 Å². The normalized spacial score (nSPS) is 14.2. The third-order valence-corrected chi connectivity index (χ3v) is 4.24. The fourth-order valence-corrected chi connectivity index (χ4v) is 2.85. The molecule has 0 unspecified atom stereocenters. The topological polar surface area (TPSA) is 62.3 Å². The van der Waals surface area contributed by atoms with Gasteiger partial charge in [-0.15, -0.1) is 0 Å². The van der Waals surface area contributed by atoms with Gasteiger partial charge in [-0.2, -0.15) is 0 Å². The molecule has 25 heavy (non-hydrogen) atoms. The Hall–Kier alpha value is -2.76. The van der Waals surface area contributed by atoms with E-state index in [0.29, 0.717) is 5.56 Å². The smallest absolute Gasteiger partial charge is 0.272 e. The van der Waals surface area contributed by atoms with E-state index in [1.54, 1.807) is 41.3 Å². The first-order chi connectivity index (χ1) is 12.1. The summed E-state index contributed by atoms with van der Waals surface area (Å²) in [6.07, 6.45) is 3.12. The van der Waals surface area contributed by atoms with Crippen LogP contribution in [-0.2, 0) is 6.54 Å². The number of aromatic nitrogens is 1. The number of hydrogen-bond acceptors (Lipinski definition) is 3. The van der Waals surface area contributed by atoms with Gasteiger partial charge in [0.05, 0.1) is 0 Å². The second-order valence-corrected chi connectivity index (χ2v) is 6.04. The lowest BCUT2D eigenvalue weighted by molar-refractivity contribution is 0.0718. The van der Waals surface area contributed by atoms with Crippen molar-refractivity contribution in [3.8, 4) is 0 Å². The minimum atomic E-state index is -0.434. The first-order valence-electron chi connectivity index (χ1n) is 8.43. The number of amides is 2. The molecule has 2 aromatic rings. The summed E-state index contributed by atoms with van der Waals surface area (Å²) in [4.78, 5) is 30.7. The Balaban J connectivity index is 1.67. The highest BCUT2D eigenvalue weighted by Crippen LogP contribution is 2.12. The fraction of sp³-hybridized carbons (Fsp3) is 0.316. The predicted octanol–water partition coefficient (Wildman–Crippen LogP) is 2.78. The number of hydrogen-bond donors (Lipinski definition) is 1.